The molecule has 1 N–H and O–H groups in total. The van der Waals surface area contributed by atoms with Crippen molar-refractivity contribution in [2.75, 3.05) is 6.61 Å². The summed E-state index contributed by atoms with van der Waals surface area (Å²) in [5.74, 6) is -3.16. The quantitative estimate of drug-likeness (QED) is 0.472. The Morgan fingerprint density at radius 2 is 2.22 bits per heavy atom. The topological polar surface area (TPSA) is 73.6 Å². The maximum atomic E-state index is 12.7. The largest absolute Gasteiger partial charge is 0.472 e. The number of alkyl halides is 2. The molecule has 0 saturated heterocycles. The Morgan fingerprint density at radius 3 is 2.83 bits per heavy atom. The van der Waals surface area contributed by atoms with Crippen LogP contribution in [0.25, 0.3) is 0 Å². The highest BCUT2D eigenvalue weighted by Gasteiger charge is 2.19. The summed E-state index contributed by atoms with van der Waals surface area (Å²) in [5, 5.41) is 12.7. The van der Waals surface area contributed by atoms with Crippen molar-refractivity contribution in [3.8, 4) is 5.88 Å². The average Bonchev–Trinajstić information content (AvgIpc) is 2.91. The van der Waals surface area contributed by atoms with E-state index in [1.165, 1.54) is 30.5 Å². The summed E-state index contributed by atoms with van der Waals surface area (Å²) >= 11 is 0.319. The van der Waals surface area contributed by atoms with Gasteiger partial charge in [0.15, 0.2) is 0 Å². The smallest absolute Gasteiger partial charge is 0.338 e. The number of aromatic nitrogens is 2. The minimum Gasteiger partial charge on any atom is -0.472 e. The van der Waals surface area contributed by atoms with E-state index >= 15 is 0 Å². The maximum absolute atomic E-state index is 12.7. The van der Waals surface area contributed by atoms with Gasteiger partial charge in [-0.05, 0) is 19.1 Å². The van der Waals surface area contributed by atoms with Gasteiger partial charge in [0, 0.05) is 16.5 Å². The fourth-order valence-corrected chi connectivity index (χ4v) is 2.50. The molecule has 0 fully saturated rings. The molecule has 6 nitrogen and oxygen atoms in total. The second-order valence-electron chi connectivity index (χ2n) is 4.24. The Bertz CT molecular complexity index is 679. The van der Waals surface area contributed by atoms with Crippen LogP contribution in [0.15, 0.2) is 35.4 Å². The first-order valence-electron chi connectivity index (χ1n) is 6.62. The molecular weight excluding hydrogens is 330 g/mol. The first kappa shape index (κ1) is 17.1. The predicted octanol–water partition coefficient (Wildman–Crippen LogP) is 3.19. The van der Waals surface area contributed by atoms with Crippen LogP contribution in [0.5, 0.6) is 5.88 Å². The van der Waals surface area contributed by atoms with Crippen molar-refractivity contribution in [1.29, 1.82) is 0 Å². The average molecular weight is 344 g/mol. The van der Waals surface area contributed by atoms with Crippen molar-refractivity contribution in [3.63, 3.8) is 0 Å². The van der Waals surface area contributed by atoms with Gasteiger partial charge in [0.25, 0.3) is 5.76 Å². The molecule has 124 valence electrons. The number of benzene rings is 1. The molecule has 1 heterocycles. The first-order chi connectivity index (χ1) is 11.0. The van der Waals surface area contributed by atoms with E-state index in [1.807, 2.05) is 0 Å². The fourth-order valence-electron chi connectivity index (χ4n) is 1.84. The number of rotatable bonds is 7. The molecule has 1 aromatic carbocycles. The van der Waals surface area contributed by atoms with Crippen LogP contribution >= 0.6 is 11.8 Å². The number of carbonyl (C=O) groups is 1. The Labute approximate surface area is 135 Å². The SMILES string of the molecule is CCOC(=O)c1cccc(SC(F)F)c1COc1ccn(O)n1. The van der Waals surface area contributed by atoms with E-state index in [9.17, 15) is 13.6 Å². The van der Waals surface area contributed by atoms with Crippen LogP contribution in [-0.2, 0) is 11.3 Å². The van der Waals surface area contributed by atoms with Gasteiger partial charge in [-0.15, -0.1) is 4.85 Å². The highest BCUT2D eigenvalue weighted by atomic mass is 32.2. The Kier molecular flexibility index (Phi) is 5.80. The van der Waals surface area contributed by atoms with Crippen molar-refractivity contribution >= 4 is 17.7 Å². The van der Waals surface area contributed by atoms with Gasteiger partial charge >= 0.3 is 5.97 Å². The van der Waals surface area contributed by atoms with Gasteiger partial charge in [-0.2, -0.15) is 8.78 Å². The molecule has 0 saturated carbocycles. The number of hydrogen-bond donors (Lipinski definition) is 1. The maximum Gasteiger partial charge on any atom is 0.338 e. The highest BCUT2D eigenvalue weighted by molar-refractivity contribution is 7.99. The van der Waals surface area contributed by atoms with Gasteiger partial charge in [-0.1, -0.05) is 22.9 Å². The van der Waals surface area contributed by atoms with Gasteiger partial charge in [-0.3, -0.25) is 0 Å². The summed E-state index contributed by atoms with van der Waals surface area (Å²) in [5.41, 5.74) is 0.435. The molecule has 0 radical (unpaired) electrons. The lowest BCUT2D eigenvalue weighted by Crippen LogP contribution is -2.11. The minimum absolute atomic E-state index is 0.0964. The normalized spacial score (nSPS) is 10.8. The standard InChI is InChI=1S/C14H14F2N2O4S/c1-2-21-13(19)9-4-3-5-11(23-14(15)16)10(9)8-22-12-6-7-18(20)17-12/h3-7,14,20H,2,8H2,1H3. The van der Waals surface area contributed by atoms with Gasteiger partial charge in [-0.25, -0.2) is 4.79 Å². The van der Waals surface area contributed by atoms with Gasteiger partial charge in [0.1, 0.15) is 6.61 Å². The third kappa shape index (κ3) is 4.59. The highest BCUT2D eigenvalue weighted by Crippen LogP contribution is 2.31. The Hall–Kier alpha value is -2.29. The van der Waals surface area contributed by atoms with E-state index in [4.69, 9.17) is 14.7 Å². The van der Waals surface area contributed by atoms with E-state index in [1.54, 1.807) is 6.92 Å². The predicted molar refractivity (Wildman–Crippen MR) is 78.0 cm³/mol. The Morgan fingerprint density at radius 1 is 1.43 bits per heavy atom. The van der Waals surface area contributed by atoms with Crippen molar-refractivity contribution < 1.29 is 28.3 Å². The monoisotopic (exact) mass is 344 g/mol. The van der Waals surface area contributed by atoms with Crippen LogP contribution in [0.2, 0.25) is 0 Å². The number of halogens is 2. The number of hydrogen-bond acceptors (Lipinski definition) is 6. The number of thioether (sulfide) groups is 1. The van der Waals surface area contributed by atoms with Crippen molar-refractivity contribution in [3.05, 3.63) is 41.6 Å². The van der Waals surface area contributed by atoms with Crippen LogP contribution in [0, 0.1) is 0 Å². The van der Waals surface area contributed by atoms with Gasteiger partial charge in [0.2, 0.25) is 5.88 Å². The molecule has 0 unspecified atom stereocenters. The minimum atomic E-state index is -2.64. The molecule has 0 amide bonds. The molecule has 0 atom stereocenters. The first-order valence-corrected chi connectivity index (χ1v) is 7.50. The van der Waals surface area contributed by atoms with Gasteiger partial charge in [0.05, 0.1) is 18.4 Å². The zero-order valence-electron chi connectivity index (χ0n) is 12.1. The zero-order valence-corrected chi connectivity index (χ0v) is 12.9. The number of esters is 1. The number of ether oxygens (including phenoxy) is 2. The molecule has 0 aliphatic rings. The van der Waals surface area contributed by atoms with Gasteiger partial charge < -0.3 is 14.7 Å². The number of nitrogens with zero attached hydrogens (tertiary/aromatic N) is 2. The van der Waals surface area contributed by atoms with Crippen LogP contribution in [0.1, 0.15) is 22.8 Å². The third-order valence-electron chi connectivity index (χ3n) is 2.76. The van der Waals surface area contributed by atoms with Crippen LogP contribution in [0.4, 0.5) is 8.78 Å². The lowest BCUT2D eigenvalue weighted by atomic mass is 10.1. The summed E-state index contributed by atoms with van der Waals surface area (Å²) in [6, 6.07) is 5.86. The van der Waals surface area contributed by atoms with Crippen molar-refractivity contribution in [1.82, 2.24) is 9.94 Å². The van der Waals surface area contributed by atoms with E-state index < -0.39 is 11.7 Å². The summed E-state index contributed by atoms with van der Waals surface area (Å²) in [7, 11) is 0. The van der Waals surface area contributed by atoms with E-state index in [0.717, 1.165) is 0 Å². The molecule has 0 spiro atoms. The zero-order chi connectivity index (χ0) is 16.8. The summed E-state index contributed by atoms with van der Waals surface area (Å²) in [6.07, 6.45) is 1.25. The van der Waals surface area contributed by atoms with E-state index in [0.29, 0.717) is 16.6 Å². The molecule has 2 aromatic rings. The summed E-state index contributed by atoms with van der Waals surface area (Å²) in [6.45, 7) is 1.65. The molecule has 23 heavy (non-hydrogen) atoms. The third-order valence-corrected chi connectivity index (χ3v) is 3.57. The second-order valence-corrected chi connectivity index (χ2v) is 5.28. The van der Waals surface area contributed by atoms with Crippen LogP contribution in [-0.4, -0.2) is 33.5 Å². The molecule has 0 aliphatic carbocycles. The lowest BCUT2D eigenvalue weighted by molar-refractivity contribution is 0.0522. The molecule has 0 aliphatic heterocycles. The fraction of sp³-hybridized carbons (Fsp3) is 0.286. The van der Waals surface area contributed by atoms with Crippen LogP contribution in [0.3, 0.4) is 0 Å². The molecule has 2 rings (SSSR count). The molecule has 1 aromatic heterocycles. The lowest BCUT2D eigenvalue weighted by Gasteiger charge is -2.13. The van der Waals surface area contributed by atoms with Crippen molar-refractivity contribution in [2.45, 2.75) is 24.2 Å². The Balaban J connectivity index is 2.29. The van der Waals surface area contributed by atoms with Crippen LogP contribution < -0.4 is 4.74 Å². The molecule has 9 heteroatoms. The number of carbonyl (C=O) groups excluding carboxylic acids is 1. The summed E-state index contributed by atoms with van der Waals surface area (Å²) < 4.78 is 35.7. The second kappa shape index (κ2) is 7.82. The van der Waals surface area contributed by atoms with E-state index in [2.05, 4.69) is 5.10 Å². The van der Waals surface area contributed by atoms with E-state index in [-0.39, 0.29) is 35.1 Å². The van der Waals surface area contributed by atoms with Crippen molar-refractivity contribution in [2.24, 2.45) is 0 Å². The summed E-state index contributed by atoms with van der Waals surface area (Å²) in [4.78, 5) is 12.8. The molecular formula is C14H14F2N2O4S. The molecule has 0 bridgehead atoms.